The molecule has 2 unspecified atom stereocenters. The Hall–Kier alpha value is -0.0800. The minimum atomic E-state index is 0.343. The monoisotopic (exact) mass is 198 g/mol. The number of nitrogens with zero attached hydrogens (tertiary/aromatic N) is 2. The number of hydrogen-bond donors (Lipinski definition) is 0. The van der Waals surface area contributed by atoms with E-state index in [1.54, 1.807) is 0 Å². The lowest BCUT2D eigenvalue weighted by Crippen LogP contribution is -2.40. The molecule has 1 aliphatic rings. The van der Waals surface area contributed by atoms with Gasteiger partial charge in [-0.25, -0.2) is 0 Å². The van der Waals surface area contributed by atoms with Gasteiger partial charge in [0.25, 0.3) is 0 Å². The summed E-state index contributed by atoms with van der Waals surface area (Å²) in [6, 6.07) is 0. The third-order valence-corrected chi connectivity index (χ3v) is 3.32. The molecule has 1 aliphatic heterocycles. The number of likely N-dealkylation sites (tertiary alicyclic amines) is 1. The van der Waals surface area contributed by atoms with Crippen molar-refractivity contribution >= 4 is 0 Å². The SMILES string of the molecule is CC1CN(C(C)(C)C)CC1CN(C)C. The van der Waals surface area contributed by atoms with Crippen molar-refractivity contribution in [2.75, 3.05) is 33.7 Å². The molecule has 0 aliphatic carbocycles. The van der Waals surface area contributed by atoms with Gasteiger partial charge in [0.2, 0.25) is 0 Å². The molecule has 14 heavy (non-hydrogen) atoms. The van der Waals surface area contributed by atoms with Crippen molar-refractivity contribution in [3.05, 3.63) is 0 Å². The van der Waals surface area contributed by atoms with Crippen molar-refractivity contribution in [2.45, 2.75) is 33.2 Å². The van der Waals surface area contributed by atoms with Crippen LogP contribution in [0.2, 0.25) is 0 Å². The molecule has 1 fully saturated rings. The molecule has 1 saturated heterocycles. The molecule has 0 aromatic rings. The van der Waals surface area contributed by atoms with Crippen LogP contribution in [0.4, 0.5) is 0 Å². The first kappa shape index (κ1) is 12.0. The van der Waals surface area contributed by atoms with Crippen molar-refractivity contribution in [3.63, 3.8) is 0 Å². The summed E-state index contributed by atoms with van der Waals surface area (Å²) in [6.07, 6.45) is 0. The van der Waals surface area contributed by atoms with Crippen LogP contribution in [0.3, 0.4) is 0 Å². The highest BCUT2D eigenvalue weighted by Gasteiger charge is 2.34. The highest BCUT2D eigenvalue weighted by atomic mass is 15.2. The van der Waals surface area contributed by atoms with E-state index in [-0.39, 0.29) is 0 Å². The Morgan fingerprint density at radius 2 is 1.79 bits per heavy atom. The van der Waals surface area contributed by atoms with Crippen molar-refractivity contribution in [1.82, 2.24) is 9.80 Å². The van der Waals surface area contributed by atoms with E-state index < -0.39 is 0 Å². The summed E-state index contributed by atoms with van der Waals surface area (Å²) < 4.78 is 0. The molecule has 0 saturated carbocycles. The number of hydrogen-bond acceptors (Lipinski definition) is 2. The zero-order chi connectivity index (χ0) is 10.9. The van der Waals surface area contributed by atoms with Crippen molar-refractivity contribution in [2.24, 2.45) is 11.8 Å². The van der Waals surface area contributed by atoms with Gasteiger partial charge in [0, 0.05) is 25.2 Å². The molecule has 0 aromatic heterocycles. The standard InChI is InChI=1S/C12H26N2/c1-10-7-14(12(2,3)4)9-11(10)8-13(5)6/h10-11H,7-9H2,1-6H3. The second-order valence-corrected chi connectivity index (χ2v) is 6.08. The first-order valence-electron chi connectivity index (χ1n) is 5.70. The van der Waals surface area contributed by atoms with Crippen LogP contribution in [0, 0.1) is 11.8 Å². The smallest absolute Gasteiger partial charge is 0.0125 e. The molecule has 0 aromatic carbocycles. The molecule has 2 heteroatoms. The van der Waals surface area contributed by atoms with E-state index in [0.29, 0.717) is 5.54 Å². The fourth-order valence-corrected chi connectivity index (χ4v) is 2.29. The Kier molecular flexibility index (Phi) is 3.59. The van der Waals surface area contributed by atoms with Crippen LogP contribution in [-0.4, -0.2) is 49.1 Å². The first-order chi connectivity index (χ1) is 6.30. The summed E-state index contributed by atoms with van der Waals surface area (Å²) >= 11 is 0. The summed E-state index contributed by atoms with van der Waals surface area (Å²) in [5.41, 5.74) is 0.343. The maximum absolute atomic E-state index is 2.62. The molecule has 0 radical (unpaired) electrons. The lowest BCUT2D eigenvalue weighted by Gasteiger charge is -2.32. The van der Waals surface area contributed by atoms with E-state index in [1.807, 2.05) is 0 Å². The second-order valence-electron chi connectivity index (χ2n) is 6.08. The first-order valence-corrected chi connectivity index (χ1v) is 5.70. The summed E-state index contributed by atoms with van der Waals surface area (Å²) in [7, 11) is 4.35. The summed E-state index contributed by atoms with van der Waals surface area (Å²) in [4.78, 5) is 4.93. The molecular weight excluding hydrogens is 172 g/mol. The van der Waals surface area contributed by atoms with E-state index in [4.69, 9.17) is 0 Å². The van der Waals surface area contributed by atoms with Crippen molar-refractivity contribution in [3.8, 4) is 0 Å². The van der Waals surface area contributed by atoms with Gasteiger partial charge in [0.05, 0.1) is 0 Å². The quantitative estimate of drug-likeness (QED) is 0.669. The largest absolute Gasteiger partial charge is 0.309 e. The molecule has 2 nitrogen and oxygen atoms in total. The van der Waals surface area contributed by atoms with Gasteiger partial charge in [0.1, 0.15) is 0 Å². The van der Waals surface area contributed by atoms with Gasteiger partial charge in [-0.1, -0.05) is 6.92 Å². The molecule has 0 N–H and O–H groups in total. The zero-order valence-corrected chi connectivity index (χ0v) is 10.7. The van der Waals surface area contributed by atoms with Gasteiger partial charge in [-0.2, -0.15) is 0 Å². The fourth-order valence-electron chi connectivity index (χ4n) is 2.29. The summed E-state index contributed by atoms with van der Waals surface area (Å²) in [6.45, 7) is 13.1. The van der Waals surface area contributed by atoms with Crippen LogP contribution in [0.15, 0.2) is 0 Å². The summed E-state index contributed by atoms with van der Waals surface area (Å²) in [5.74, 6) is 1.70. The van der Waals surface area contributed by atoms with Gasteiger partial charge in [-0.15, -0.1) is 0 Å². The number of rotatable bonds is 2. The molecule has 84 valence electrons. The van der Waals surface area contributed by atoms with Crippen molar-refractivity contribution < 1.29 is 0 Å². The average Bonchev–Trinajstić information content (AvgIpc) is 2.30. The summed E-state index contributed by atoms with van der Waals surface area (Å²) in [5, 5.41) is 0. The Labute approximate surface area is 89.3 Å². The Bertz CT molecular complexity index is 181. The van der Waals surface area contributed by atoms with E-state index >= 15 is 0 Å². The Morgan fingerprint density at radius 3 is 2.14 bits per heavy atom. The molecule has 1 heterocycles. The predicted molar refractivity (Wildman–Crippen MR) is 62.5 cm³/mol. The lowest BCUT2D eigenvalue weighted by atomic mass is 9.98. The predicted octanol–water partition coefficient (Wildman–Crippen LogP) is 1.91. The topological polar surface area (TPSA) is 6.48 Å². The van der Waals surface area contributed by atoms with Crippen LogP contribution in [-0.2, 0) is 0 Å². The van der Waals surface area contributed by atoms with Crippen molar-refractivity contribution in [1.29, 1.82) is 0 Å². The van der Waals surface area contributed by atoms with Gasteiger partial charge in [-0.05, 0) is 46.7 Å². The molecular formula is C12H26N2. The van der Waals surface area contributed by atoms with Crippen LogP contribution in [0.25, 0.3) is 0 Å². The van der Waals surface area contributed by atoms with E-state index in [2.05, 4.69) is 51.6 Å². The van der Waals surface area contributed by atoms with E-state index in [1.165, 1.54) is 19.6 Å². The zero-order valence-electron chi connectivity index (χ0n) is 10.7. The van der Waals surface area contributed by atoms with Crippen LogP contribution in [0.5, 0.6) is 0 Å². The molecule has 0 spiro atoms. The third-order valence-electron chi connectivity index (χ3n) is 3.32. The van der Waals surface area contributed by atoms with Gasteiger partial charge in [0.15, 0.2) is 0 Å². The van der Waals surface area contributed by atoms with E-state index in [9.17, 15) is 0 Å². The normalized spacial score (nSPS) is 30.2. The maximum Gasteiger partial charge on any atom is 0.0125 e. The Morgan fingerprint density at radius 1 is 1.21 bits per heavy atom. The van der Waals surface area contributed by atoms with Crippen LogP contribution in [0.1, 0.15) is 27.7 Å². The van der Waals surface area contributed by atoms with E-state index in [0.717, 1.165) is 11.8 Å². The van der Waals surface area contributed by atoms with Crippen LogP contribution >= 0.6 is 0 Å². The van der Waals surface area contributed by atoms with Gasteiger partial charge in [-0.3, -0.25) is 4.90 Å². The van der Waals surface area contributed by atoms with Gasteiger partial charge >= 0.3 is 0 Å². The lowest BCUT2D eigenvalue weighted by molar-refractivity contribution is 0.163. The minimum absolute atomic E-state index is 0.343. The molecule has 0 amide bonds. The fraction of sp³-hybridized carbons (Fsp3) is 1.00. The minimum Gasteiger partial charge on any atom is -0.309 e. The molecule has 1 rings (SSSR count). The third kappa shape index (κ3) is 2.96. The highest BCUT2D eigenvalue weighted by molar-refractivity contribution is 4.89. The Balaban J connectivity index is 2.51. The molecule has 2 atom stereocenters. The average molecular weight is 198 g/mol. The second kappa shape index (κ2) is 4.19. The molecule has 0 bridgehead atoms. The maximum atomic E-state index is 2.62. The van der Waals surface area contributed by atoms with Gasteiger partial charge < -0.3 is 4.90 Å². The highest BCUT2D eigenvalue weighted by Crippen LogP contribution is 2.28. The van der Waals surface area contributed by atoms with Crippen LogP contribution < -0.4 is 0 Å².